The number of carbonyl (C=O) groups is 2. The second-order valence-electron chi connectivity index (χ2n) is 2.69. The molecule has 2 N–H and O–H groups in total. The van der Waals surface area contributed by atoms with Gasteiger partial charge < -0.3 is 19.7 Å². The first-order chi connectivity index (χ1) is 5.61. The lowest BCUT2D eigenvalue weighted by Crippen LogP contribution is -2.31. The molecule has 2 heterocycles. The maximum atomic E-state index is 10.7. The predicted octanol–water partition coefficient (Wildman–Crippen LogP) is -2.44. The largest absolute Gasteiger partial charge is 0.453 e. The highest BCUT2D eigenvalue weighted by Gasteiger charge is 2.57. The van der Waals surface area contributed by atoms with E-state index in [-0.39, 0.29) is 0 Å². The molecule has 2 aliphatic heterocycles. The van der Waals surface area contributed by atoms with Gasteiger partial charge in [0.25, 0.3) is 0 Å². The average Bonchev–Trinajstić information content (AvgIpc) is 2.43. The van der Waals surface area contributed by atoms with Crippen LogP contribution in [0.4, 0.5) is 0 Å². The number of rotatable bonds is 0. The lowest BCUT2D eigenvalue weighted by Gasteiger charge is -2.05. The summed E-state index contributed by atoms with van der Waals surface area (Å²) in [6.45, 7) is 0. The van der Waals surface area contributed by atoms with E-state index in [9.17, 15) is 9.59 Å². The number of esters is 2. The van der Waals surface area contributed by atoms with Crippen molar-refractivity contribution in [3.05, 3.63) is 0 Å². The zero-order valence-corrected chi connectivity index (χ0v) is 5.84. The van der Waals surface area contributed by atoms with Crippen molar-refractivity contribution >= 4 is 11.9 Å². The van der Waals surface area contributed by atoms with Crippen LogP contribution in [0.5, 0.6) is 0 Å². The zero-order valence-electron chi connectivity index (χ0n) is 5.84. The normalized spacial score (nSPS) is 45.5. The number of aliphatic hydroxyl groups is 2. The Labute approximate surface area is 66.7 Å². The van der Waals surface area contributed by atoms with E-state index in [0.29, 0.717) is 0 Å². The SMILES string of the molecule is O=C1O[C@H]2C(OC(=O)[C@H]2O)[C@@H]1O. The minimum Gasteiger partial charge on any atom is -0.453 e. The monoisotopic (exact) mass is 174 g/mol. The maximum Gasteiger partial charge on any atom is 0.339 e. The van der Waals surface area contributed by atoms with Crippen molar-refractivity contribution in [3.63, 3.8) is 0 Å². The van der Waals surface area contributed by atoms with Crippen LogP contribution in [0.25, 0.3) is 0 Å². The summed E-state index contributed by atoms with van der Waals surface area (Å²) in [6.07, 6.45) is -5.01. The van der Waals surface area contributed by atoms with Gasteiger partial charge in [-0.25, -0.2) is 9.59 Å². The highest BCUT2D eigenvalue weighted by atomic mass is 16.7. The van der Waals surface area contributed by atoms with E-state index in [1.54, 1.807) is 0 Å². The van der Waals surface area contributed by atoms with Crippen molar-refractivity contribution in [3.8, 4) is 0 Å². The van der Waals surface area contributed by atoms with Crippen LogP contribution in [-0.4, -0.2) is 46.6 Å². The lowest BCUT2D eigenvalue weighted by atomic mass is 10.1. The fraction of sp³-hybridized carbons (Fsp3) is 0.667. The van der Waals surface area contributed by atoms with E-state index in [1.807, 2.05) is 0 Å². The number of carbonyl (C=O) groups excluding carboxylic acids is 2. The van der Waals surface area contributed by atoms with Crippen LogP contribution >= 0.6 is 0 Å². The lowest BCUT2D eigenvalue weighted by molar-refractivity contribution is -0.159. The Hall–Kier alpha value is -1.14. The molecular weight excluding hydrogens is 168 g/mol. The van der Waals surface area contributed by atoms with Gasteiger partial charge in [-0.15, -0.1) is 0 Å². The van der Waals surface area contributed by atoms with Gasteiger partial charge in [-0.3, -0.25) is 0 Å². The Morgan fingerprint density at radius 1 is 0.917 bits per heavy atom. The van der Waals surface area contributed by atoms with E-state index in [1.165, 1.54) is 0 Å². The van der Waals surface area contributed by atoms with Crippen LogP contribution in [-0.2, 0) is 19.1 Å². The molecule has 2 rings (SSSR count). The van der Waals surface area contributed by atoms with Crippen LogP contribution in [0.2, 0.25) is 0 Å². The predicted molar refractivity (Wildman–Crippen MR) is 31.8 cm³/mol. The minimum absolute atomic E-state index is 0.864. The van der Waals surface area contributed by atoms with Crippen LogP contribution < -0.4 is 0 Å². The summed E-state index contributed by atoms with van der Waals surface area (Å²) >= 11 is 0. The van der Waals surface area contributed by atoms with Gasteiger partial charge in [0.05, 0.1) is 0 Å². The third-order valence-corrected chi connectivity index (χ3v) is 1.93. The molecule has 6 nitrogen and oxygen atoms in total. The fourth-order valence-electron chi connectivity index (χ4n) is 1.30. The molecule has 0 aromatic rings. The molecule has 0 aliphatic carbocycles. The molecule has 0 spiro atoms. The van der Waals surface area contributed by atoms with Gasteiger partial charge in [-0.2, -0.15) is 0 Å². The molecule has 0 aromatic heterocycles. The Kier molecular flexibility index (Phi) is 1.36. The van der Waals surface area contributed by atoms with Crippen molar-refractivity contribution < 1.29 is 29.3 Å². The molecule has 2 fully saturated rings. The van der Waals surface area contributed by atoms with Crippen molar-refractivity contribution in [1.29, 1.82) is 0 Å². The summed E-state index contributed by atoms with van der Waals surface area (Å²) in [5, 5.41) is 18.1. The molecule has 0 aromatic carbocycles. The summed E-state index contributed by atoms with van der Waals surface area (Å²) in [7, 11) is 0. The van der Waals surface area contributed by atoms with Crippen molar-refractivity contribution in [2.24, 2.45) is 0 Å². The topological polar surface area (TPSA) is 93.1 Å². The van der Waals surface area contributed by atoms with Crippen LogP contribution in [0.3, 0.4) is 0 Å². The number of aliphatic hydroxyl groups excluding tert-OH is 2. The summed E-state index contributed by atoms with van der Waals surface area (Å²) in [4.78, 5) is 21.3. The van der Waals surface area contributed by atoms with E-state index >= 15 is 0 Å². The van der Waals surface area contributed by atoms with E-state index < -0.39 is 36.4 Å². The first-order valence-corrected chi connectivity index (χ1v) is 3.38. The molecule has 0 saturated carbocycles. The molecule has 12 heavy (non-hydrogen) atoms. The quantitative estimate of drug-likeness (QED) is 0.396. The molecule has 6 heteroatoms. The first kappa shape index (κ1) is 7.51. The Morgan fingerprint density at radius 2 is 1.25 bits per heavy atom. The summed E-state index contributed by atoms with van der Waals surface area (Å²) < 4.78 is 8.99. The molecule has 0 radical (unpaired) electrons. The van der Waals surface area contributed by atoms with Gasteiger partial charge in [0.1, 0.15) is 0 Å². The maximum absolute atomic E-state index is 10.7. The van der Waals surface area contributed by atoms with Gasteiger partial charge in [-0.1, -0.05) is 0 Å². The molecular formula is C6H6O6. The molecule has 0 amide bonds. The van der Waals surface area contributed by atoms with Crippen LogP contribution in [0.1, 0.15) is 0 Å². The van der Waals surface area contributed by atoms with Crippen molar-refractivity contribution in [2.75, 3.05) is 0 Å². The average molecular weight is 174 g/mol. The second kappa shape index (κ2) is 2.18. The molecule has 0 bridgehead atoms. The Morgan fingerprint density at radius 3 is 1.58 bits per heavy atom. The van der Waals surface area contributed by atoms with Gasteiger partial charge in [0.15, 0.2) is 24.4 Å². The van der Waals surface area contributed by atoms with Crippen molar-refractivity contribution in [2.45, 2.75) is 24.4 Å². The summed E-state index contributed by atoms with van der Waals surface area (Å²) in [5.41, 5.74) is 0. The molecule has 4 atom stereocenters. The van der Waals surface area contributed by atoms with E-state index in [0.717, 1.165) is 0 Å². The van der Waals surface area contributed by atoms with Crippen LogP contribution in [0.15, 0.2) is 0 Å². The van der Waals surface area contributed by atoms with Gasteiger partial charge >= 0.3 is 11.9 Å². The van der Waals surface area contributed by atoms with Gasteiger partial charge in [-0.05, 0) is 0 Å². The second-order valence-corrected chi connectivity index (χ2v) is 2.69. The van der Waals surface area contributed by atoms with Crippen LogP contribution in [0, 0.1) is 0 Å². The summed E-state index contributed by atoms with van der Waals surface area (Å²) in [6, 6.07) is 0. The highest BCUT2D eigenvalue weighted by Crippen LogP contribution is 2.28. The summed E-state index contributed by atoms with van der Waals surface area (Å²) in [5.74, 6) is -1.73. The fourth-order valence-corrected chi connectivity index (χ4v) is 1.30. The Balaban J connectivity index is 2.24. The van der Waals surface area contributed by atoms with E-state index in [4.69, 9.17) is 10.2 Å². The van der Waals surface area contributed by atoms with E-state index in [2.05, 4.69) is 9.47 Å². The molecule has 2 saturated heterocycles. The molecule has 66 valence electrons. The number of hydrogen-bond donors (Lipinski definition) is 2. The molecule has 2 aliphatic rings. The molecule has 1 unspecified atom stereocenters. The highest BCUT2D eigenvalue weighted by molar-refractivity contribution is 5.85. The van der Waals surface area contributed by atoms with Gasteiger partial charge in [0.2, 0.25) is 0 Å². The zero-order chi connectivity index (χ0) is 8.88. The first-order valence-electron chi connectivity index (χ1n) is 3.38. The number of fused-ring (bicyclic) bond motifs is 1. The van der Waals surface area contributed by atoms with Crippen molar-refractivity contribution in [1.82, 2.24) is 0 Å². The smallest absolute Gasteiger partial charge is 0.339 e. The third-order valence-electron chi connectivity index (χ3n) is 1.93. The Bertz CT molecular complexity index is 222. The number of ether oxygens (including phenoxy) is 2. The third kappa shape index (κ3) is 0.759. The number of hydrogen-bond acceptors (Lipinski definition) is 6. The van der Waals surface area contributed by atoms with Gasteiger partial charge in [0, 0.05) is 0 Å². The minimum atomic E-state index is -1.46. The standard InChI is InChI=1S/C6H6O6/c7-1-3-4(12-5(1)9)2(8)6(10)11-3/h1-4,7-8H/t1-,2-,3+,4?/m0/s1.